The van der Waals surface area contributed by atoms with E-state index in [-0.39, 0.29) is 0 Å². The van der Waals surface area contributed by atoms with Gasteiger partial charge in [-0.2, -0.15) is 5.26 Å². The zero-order chi connectivity index (χ0) is 10.5. The smallest absolute Gasteiger partial charge is 0.116 e. The average molecular weight is 214 g/mol. The van der Waals surface area contributed by atoms with Gasteiger partial charge in [0.1, 0.15) is 22.4 Å². The number of hydrogen-bond acceptors (Lipinski definition) is 5. The highest BCUT2D eigenvalue weighted by Gasteiger charge is 1.99. The molecule has 0 radical (unpaired) electrons. The summed E-state index contributed by atoms with van der Waals surface area (Å²) in [5, 5.41) is 10.2. The molecule has 2 aromatic rings. The molecule has 0 spiro atoms. The van der Waals surface area contributed by atoms with Gasteiger partial charge in [0.15, 0.2) is 0 Å². The van der Waals surface area contributed by atoms with Crippen molar-refractivity contribution in [2.24, 2.45) is 0 Å². The molecule has 0 aromatic carbocycles. The lowest BCUT2D eigenvalue weighted by Crippen LogP contribution is -1.84. The van der Waals surface area contributed by atoms with Crippen molar-refractivity contribution in [1.29, 1.82) is 5.26 Å². The van der Waals surface area contributed by atoms with E-state index in [0.717, 1.165) is 10.1 Å². The van der Waals surface area contributed by atoms with Crippen molar-refractivity contribution in [3.8, 4) is 6.07 Å². The van der Waals surface area contributed by atoms with Gasteiger partial charge in [-0.15, -0.1) is 0 Å². The normalized spacial score (nSPS) is 9.53. The molecule has 0 saturated heterocycles. The molecule has 0 N–H and O–H groups in total. The molecule has 2 rings (SSSR count). The summed E-state index contributed by atoms with van der Waals surface area (Å²) in [5.41, 5.74) is 0.557. The van der Waals surface area contributed by atoms with Crippen LogP contribution in [0.15, 0.2) is 47.0 Å². The van der Waals surface area contributed by atoms with Crippen LogP contribution in [0.3, 0.4) is 0 Å². The van der Waals surface area contributed by atoms with Crippen LogP contribution in [0.1, 0.15) is 5.56 Å². The first-order chi connectivity index (χ1) is 7.38. The van der Waals surface area contributed by atoms with E-state index in [1.165, 1.54) is 18.1 Å². The van der Waals surface area contributed by atoms with Crippen LogP contribution in [0, 0.1) is 11.3 Å². The monoisotopic (exact) mass is 214 g/mol. The van der Waals surface area contributed by atoms with Gasteiger partial charge in [0.05, 0.1) is 5.56 Å². The van der Waals surface area contributed by atoms with Crippen LogP contribution in [0.4, 0.5) is 0 Å². The molecule has 0 amide bonds. The minimum atomic E-state index is 0.557. The quantitative estimate of drug-likeness (QED) is 0.714. The number of nitrogens with zero attached hydrogens (tertiary/aromatic N) is 4. The zero-order valence-electron chi connectivity index (χ0n) is 7.66. The highest BCUT2D eigenvalue weighted by Crippen LogP contribution is 2.22. The third-order valence-electron chi connectivity index (χ3n) is 1.63. The third-order valence-corrected chi connectivity index (χ3v) is 2.53. The lowest BCUT2D eigenvalue weighted by molar-refractivity contribution is 1.03. The average Bonchev–Trinajstić information content (AvgIpc) is 2.31. The lowest BCUT2D eigenvalue weighted by atomic mass is 10.3. The summed E-state index contributed by atoms with van der Waals surface area (Å²) >= 11 is 1.44. The molecule has 0 bridgehead atoms. The second-order valence-electron chi connectivity index (χ2n) is 2.65. The minimum Gasteiger partial charge on any atom is -0.248 e. The van der Waals surface area contributed by atoms with Crippen LogP contribution >= 0.6 is 11.8 Å². The fourth-order valence-electron chi connectivity index (χ4n) is 0.953. The first-order valence-corrected chi connectivity index (χ1v) is 5.00. The lowest BCUT2D eigenvalue weighted by Gasteiger charge is -1.98. The highest BCUT2D eigenvalue weighted by molar-refractivity contribution is 7.99. The summed E-state index contributed by atoms with van der Waals surface area (Å²) < 4.78 is 0. The molecule has 15 heavy (non-hydrogen) atoms. The van der Waals surface area contributed by atoms with E-state index >= 15 is 0 Å². The van der Waals surface area contributed by atoms with Crippen molar-refractivity contribution >= 4 is 11.8 Å². The second-order valence-corrected chi connectivity index (χ2v) is 3.69. The van der Waals surface area contributed by atoms with Crippen molar-refractivity contribution in [2.45, 2.75) is 10.1 Å². The number of hydrogen-bond donors (Lipinski definition) is 0. The Morgan fingerprint density at radius 2 is 2.00 bits per heavy atom. The van der Waals surface area contributed by atoms with Crippen LogP contribution in [0.2, 0.25) is 0 Å². The van der Waals surface area contributed by atoms with Crippen molar-refractivity contribution < 1.29 is 0 Å². The van der Waals surface area contributed by atoms with Crippen molar-refractivity contribution in [3.05, 3.63) is 42.5 Å². The van der Waals surface area contributed by atoms with Crippen LogP contribution in [-0.2, 0) is 0 Å². The number of pyridine rings is 1. The van der Waals surface area contributed by atoms with Gasteiger partial charge in [-0.1, -0.05) is 0 Å². The Morgan fingerprint density at radius 1 is 1.13 bits per heavy atom. The fourth-order valence-corrected chi connectivity index (χ4v) is 1.64. The number of rotatable bonds is 2. The summed E-state index contributed by atoms with van der Waals surface area (Å²) in [6.07, 6.45) is 4.72. The van der Waals surface area contributed by atoms with Crippen LogP contribution in [-0.4, -0.2) is 15.0 Å². The van der Waals surface area contributed by atoms with Crippen molar-refractivity contribution in [2.75, 3.05) is 0 Å². The van der Waals surface area contributed by atoms with E-state index in [1.54, 1.807) is 24.5 Å². The molecular weight excluding hydrogens is 208 g/mol. The molecule has 0 atom stereocenters. The van der Waals surface area contributed by atoms with Gasteiger partial charge < -0.3 is 0 Å². The molecule has 72 valence electrons. The van der Waals surface area contributed by atoms with Crippen LogP contribution in [0.25, 0.3) is 0 Å². The van der Waals surface area contributed by atoms with Crippen molar-refractivity contribution in [1.82, 2.24) is 15.0 Å². The second kappa shape index (κ2) is 4.53. The predicted octanol–water partition coefficient (Wildman–Crippen LogP) is 1.89. The van der Waals surface area contributed by atoms with Crippen LogP contribution in [0.5, 0.6) is 0 Å². The molecule has 2 heterocycles. The summed E-state index contributed by atoms with van der Waals surface area (Å²) in [6.45, 7) is 0. The minimum absolute atomic E-state index is 0.557. The molecular formula is C10H6N4S. The Bertz CT molecular complexity index is 475. The van der Waals surface area contributed by atoms with E-state index in [1.807, 2.05) is 12.1 Å². The fraction of sp³-hybridized carbons (Fsp3) is 0. The van der Waals surface area contributed by atoms with Gasteiger partial charge >= 0.3 is 0 Å². The van der Waals surface area contributed by atoms with E-state index in [0.29, 0.717) is 5.56 Å². The largest absolute Gasteiger partial charge is 0.248 e. The highest BCUT2D eigenvalue weighted by atomic mass is 32.2. The van der Waals surface area contributed by atoms with Gasteiger partial charge in [-0.05, 0) is 30.0 Å². The van der Waals surface area contributed by atoms with E-state index in [4.69, 9.17) is 5.26 Å². The molecule has 0 unspecified atom stereocenters. The topological polar surface area (TPSA) is 62.5 Å². The predicted molar refractivity (Wildman–Crippen MR) is 55.1 cm³/mol. The Labute approximate surface area is 91.0 Å². The maximum absolute atomic E-state index is 8.60. The molecule has 4 nitrogen and oxygen atoms in total. The molecule has 2 aromatic heterocycles. The molecule has 0 fully saturated rings. The Balaban J connectivity index is 2.16. The van der Waals surface area contributed by atoms with Gasteiger partial charge in [0.2, 0.25) is 0 Å². The molecule has 0 aliphatic heterocycles. The maximum Gasteiger partial charge on any atom is 0.116 e. The summed E-state index contributed by atoms with van der Waals surface area (Å²) in [7, 11) is 0. The van der Waals surface area contributed by atoms with E-state index in [9.17, 15) is 0 Å². The van der Waals surface area contributed by atoms with Crippen LogP contribution < -0.4 is 0 Å². The molecule has 0 saturated carbocycles. The Kier molecular flexibility index (Phi) is 2.90. The van der Waals surface area contributed by atoms with Crippen molar-refractivity contribution in [3.63, 3.8) is 0 Å². The summed E-state index contributed by atoms with van der Waals surface area (Å²) in [4.78, 5) is 12.0. The van der Waals surface area contributed by atoms with Gasteiger partial charge in [0.25, 0.3) is 0 Å². The van der Waals surface area contributed by atoms with Gasteiger partial charge in [0, 0.05) is 12.4 Å². The maximum atomic E-state index is 8.60. The number of aromatic nitrogens is 3. The molecule has 0 aliphatic carbocycles. The summed E-state index contributed by atoms with van der Waals surface area (Å²) in [5.74, 6) is 0. The summed E-state index contributed by atoms with van der Waals surface area (Å²) in [6, 6.07) is 7.36. The first kappa shape index (κ1) is 9.62. The Hall–Kier alpha value is -1.93. The molecule has 5 heteroatoms. The molecule has 0 aliphatic rings. The van der Waals surface area contributed by atoms with E-state index < -0.39 is 0 Å². The van der Waals surface area contributed by atoms with E-state index in [2.05, 4.69) is 15.0 Å². The van der Waals surface area contributed by atoms with Gasteiger partial charge in [-0.25, -0.2) is 15.0 Å². The standard InChI is InChI=1S/C10H6N4S/c11-5-8-1-2-9(13-6-8)15-10-3-4-12-7-14-10/h1-4,6-7H. The third kappa shape index (κ3) is 2.51. The number of nitriles is 1. The first-order valence-electron chi connectivity index (χ1n) is 4.18. The zero-order valence-corrected chi connectivity index (χ0v) is 8.48. The van der Waals surface area contributed by atoms with Gasteiger partial charge in [-0.3, -0.25) is 0 Å². The Morgan fingerprint density at radius 3 is 2.60 bits per heavy atom. The SMILES string of the molecule is N#Cc1ccc(Sc2ccncn2)nc1.